The molecule has 0 aliphatic carbocycles. The van der Waals surface area contributed by atoms with Gasteiger partial charge in [0, 0.05) is 23.8 Å². The molecule has 0 saturated carbocycles. The van der Waals surface area contributed by atoms with Crippen molar-refractivity contribution >= 4 is 16.6 Å². The minimum Gasteiger partial charge on any atom is -0.381 e. The molecule has 0 aliphatic rings. The van der Waals surface area contributed by atoms with E-state index in [2.05, 4.69) is 22.9 Å². The fraction of sp³-hybridized carbons (Fsp3) is 0.0833. The Morgan fingerprint density at radius 3 is 3.07 bits per heavy atom. The molecular formula is C12H12N2. The molecule has 0 bridgehead atoms. The summed E-state index contributed by atoms with van der Waals surface area (Å²) >= 11 is 0. The van der Waals surface area contributed by atoms with Gasteiger partial charge in [-0.1, -0.05) is 12.1 Å². The molecular weight excluding hydrogens is 172 g/mol. The van der Waals surface area contributed by atoms with Crippen LogP contribution in [0.15, 0.2) is 49.2 Å². The van der Waals surface area contributed by atoms with Crippen molar-refractivity contribution in [1.29, 1.82) is 0 Å². The van der Waals surface area contributed by atoms with Gasteiger partial charge in [-0.25, -0.2) is 0 Å². The van der Waals surface area contributed by atoms with Gasteiger partial charge in [0.15, 0.2) is 0 Å². The first-order valence-electron chi connectivity index (χ1n) is 4.60. The molecule has 1 N–H and O–H groups in total. The Morgan fingerprint density at radius 1 is 1.29 bits per heavy atom. The van der Waals surface area contributed by atoms with E-state index in [1.54, 1.807) is 6.20 Å². The number of fused-ring (bicyclic) bond motifs is 1. The molecule has 0 atom stereocenters. The normalized spacial score (nSPS) is 10.0. The highest BCUT2D eigenvalue weighted by Gasteiger charge is 1.98. The number of rotatable bonds is 3. The first-order valence-corrected chi connectivity index (χ1v) is 4.60. The van der Waals surface area contributed by atoms with Gasteiger partial charge >= 0.3 is 0 Å². The summed E-state index contributed by atoms with van der Waals surface area (Å²) < 4.78 is 0. The zero-order chi connectivity index (χ0) is 9.80. The summed E-state index contributed by atoms with van der Waals surface area (Å²) in [6.07, 6.45) is 3.65. The Hall–Kier alpha value is -1.83. The molecule has 1 aromatic heterocycles. The Bertz CT molecular complexity index is 444. The van der Waals surface area contributed by atoms with Crippen LogP contribution in [0.25, 0.3) is 10.9 Å². The van der Waals surface area contributed by atoms with E-state index in [0.29, 0.717) is 0 Å². The number of hydrogen-bond acceptors (Lipinski definition) is 2. The Balaban J connectivity index is 2.48. The minimum absolute atomic E-state index is 0.772. The maximum Gasteiger partial charge on any atom is 0.0722 e. The Morgan fingerprint density at radius 2 is 2.21 bits per heavy atom. The summed E-state index contributed by atoms with van der Waals surface area (Å²) in [7, 11) is 0. The fourth-order valence-corrected chi connectivity index (χ4v) is 1.44. The highest BCUT2D eigenvalue weighted by molar-refractivity contribution is 5.91. The Kier molecular flexibility index (Phi) is 2.45. The molecule has 0 saturated heterocycles. The minimum atomic E-state index is 0.772. The third-order valence-electron chi connectivity index (χ3n) is 2.08. The van der Waals surface area contributed by atoms with Gasteiger partial charge in [-0.05, 0) is 24.3 Å². The van der Waals surface area contributed by atoms with Crippen molar-refractivity contribution in [3.8, 4) is 0 Å². The number of aromatic nitrogens is 1. The monoisotopic (exact) mass is 184 g/mol. The molecule has 0 fully saturated rings. The van der Waals surface area contributed by atoms with Crippen molar-refractivity contribution in [3.63, 3.8) is 0 Å². The second kappa shape index (κ2) is 3.92. The van der Waals surface area contributed by atoms with Gasteiger partial charge in [-0.3, -0.25) is 4.98 Å². The third-order valence-corrected chi connectivity index (χ3v) is 2.08. The zero-order valence-corrected chi connectivity index (χ0v) is 7.90. The SMILES string of the molecule is C=CCNc1cccc2ncccc12. The number of nitrogens with zero attached hydrogens (tertiary/aromatic N) is 1. The van der Waals surface area contributed by atoms with Crippen molar-refractivity contribution in [2.24, 2.45) is 0 Å². The van der Waals surface area contributed by atoms with Crippen LogP contribution in [-0.2, 0) is 0 Å². The molecule has 2 nitrogen and oxygen atoms in total. The summed E-state index contributed by atoms with van der Waals surface area (Å²) in [4.78, 5) is 4.28. The smallest absolute Gasteiger partial charge is 0.0722 e. The quantitative estimate of drug-likeness (QED) is 0.742. The number of benzene rings is 1. The lowest BCUT2D eigenvalue weighted by atomic mass is 10.2. The maximum absolute atomic E-state index is 4.28. The van der Waals surface area contributed by atoms with Gasteiger partial charge in [-0.15, -0.1) is 6.58 Å². The van der Waals surface area contributed by atoms with Gasteiger partial charge in [-0.2, -0.15) is 0 Å². The molecule has 0 amide bonds. The van der Waals surface area contributed by atoms with Crippen LogP contribution in [0.4, 0.5) is 5.69 Å². The van der Waals surface area contributed by atoms with E-state index in [0.717, 1.165) is 23.1 Å². The molecule has 70 valence electrons. The standard InChI is InChI=1S/C12H12N2/c1-2-8-13-11-6-3-7-12-10(11)5-4-9-14-12/h2-7,9,13H,1,8H2. The van der Waals surface area contributed by atoms with Crippen LogP contribution >= 0.6 is 0 Å². The maximum atomic E-state index is 4.28. The average molecular weight is 184 g/mol. The van der Waals surface area contributed by atoms with Crippen LogP contribution in [0.1, 0.15) is 0 Å². The van der Waals surface area contributed by atoms with Crippen LogP contribution in [0.3, 0.4) is 0 Å². The first kappa shape index (κ1) is 8.75. The van der Waals surface area contributed by atoms with E-state index in [1.807, 2.05) is 30.3 Å². The third kappa shape index (κ3) is 1.59. The van der Waals surface area contributed by atoms with Crippen molar-refractivity contribution in [1.82, 2.24) is 4.98 Å². The van der Waals surface area contributed by atoms with Crippen molar-refractivity contribution in [2.75, 3.05) is 11.9 Å². The number of hydrogen-bond donors (Lipinski definition) is 1. The summed E-state index contributed by atoms with van der Waals surface area (Å²) in [6.45, 7) is 4.45. The zero-order valence-electron chi connectivity index (χ0n) is 7.90. The van der Waals surface area contributed by atoms with E-state index in [-0.39, 0.29) is 0 Å². The van der Waals surface area contributed by atoms with E-state index in [1.165, 1.54) is 0 Å². The lowest BCUT2D eigenvalue weighted by Crippen LogP contribution is -1.98. The second-order valence-electron chi connectivity index (χ2n) is 3.05. The Labute approximate surface area is 83.3 Å². The predicted molar refractivity (Wildman–Crippen MR) is 60.4 cm³/mol. The largest absolute Gasteiger partial charge is 0.381 e. The van der Waals surface area contributed by atoms with Crippen LogP contribution in [0.2, 0.25) is 0 Å². The van der Waals surface area contributed by atoms with Crippen molar-refractivity contribution in [2.45, 2.75) is 0 Å². The van der Waals surface area contributed by atoms with Crippen LogP contribution < -0.4 is 5.32 Å². The van der Waals surface area contributed by atoms with Gasteiger partial charge in [0.05, 0.1) is 5.52 Å². The number of anilines is 1. The lowest BCUT2D eigenvalue weighted by molar-refractivity contribution is 1.34. The molecule has 1 heterocycles. The van der Waals surface area contributed by atoms with Crippen LogP contribution in [0.5, 0.6) is 0 Å². The van der Waals surface area contributed by atoms with E-state index >= 15 is 0 Å². The highest BCUT2D eigenvalue weighted by Crippen LogP contribution is 2.20. The topological polar surface area (TPSA) is 24.9 Å². The molecule has 0 unspecified atom stereocenters. The molecule has 1 aromatic carbocycles. The second-order valence-corrected chi connectivity index (χ2v) is 3.05. The first-order chi connectivity index (χ1) is 6.92. The van der Waals surface area contributed by atoms with Crippen LogP contribution in [0, 0.1) is 0 Å². The number of nitrogens with one attached hydrogen (secondary N) is 1. The van der Waals surface area contributed by atoms with Crippen LogP contribution in [-0.4, -0.2) is 11.5 Å². The van der Waals surface area contributed by atoms with Gasteiger partial charge in [0.25, 0.3) is 0 Å². The summed E-state index contributed by atoms with van der Waals surface area (Å²) in [5.41, 5.74) is 2.12. The lowest BCUT2D eigenvalue weighted by Gasteiger charge is -2.06. The molecule has 2 aromatic rings. The van der Waals surface area contributed by atoms with E-state index < -0.39 is 0 Å². The van der Waals surface area contributed by atoms with Gasteiger partial charge < -0.3 is 5.32 Å². The van der Waals surface area contributed by atoms with E-state index in [9.17, 15) is 0 Å². The molecule has 2 heteroatoms. The fourth-order valence-electron chi connectivity index (χ4n) is 1.44. The summed E-state index contributed by atoms with van der Waals surface area (Å²) in [5, 5.41) is 4.43. The molecule has 0 spiro atoms. The summed E-state index contributed by atoms with van der Waals surface area (Å²) in [6, 6.07) is 10.1. The molecule has 0 radical (unpaired) electrons. The summed E-state index contributed by atoms with van der Waals surface area (Å²) in [5.74, 6) is 0. The predicted octanol–water partition coefficient (Wildman–Crippen LogP) is 2.83. The molecule has 14 heavy (non-hydrogen) atoms. The molecule has 2 rings (SSSR count). The highest BCUT2D eigenvalue weighted by atomic mass is 14.9. The average Bonchev–Trinajstić information content (AvgIpc) is 2.26. The van der Waals surface area contributed by atoms with Gasteiger partial charge in [0.1, 0.15) is 0 Å². The van der Waals surface area contributed by atoms with E-state index in [4.69, 9.17) is 0 Å². The van der Waals surface area contributed by atoms with Crippen molar-refractivity contribution in [3.05, 3.63) is 49.2 Å². The van der Waals surface area contributed by atoms with Gasteiger partial charge in [0.2, 0.25) is 0 Å². The number of pyridine rings is 1. The molecule has 0 aliphatic heterocycles. The van der Waals surface area contributed by atoms with Crippen molar-refractivity contribution < 1.29 is 0 Å².